The number of anilines is 1. The lowest BCUT2D eigenvalue weighted by molar-refractivity contribution is -0.127. The standard InChI is InChI=1S/C25H25N3O5S/c1-2-33-20-10-8-19(9-11-20)28-16-18(15-22(28)29)23(30)26-12-13-27-24(31)21(34-25(27)32)14-17-6-4-3-5-7-17/h3-11,14,18H,2,12-13,15-16H2,1H3,(H,26,30)/b21-14+. The van der Waals surface area contributed by atoms with Gasteiger partial charge in [0.2, 0.25) is 11.8 Å². The third kappa shape index (κ3) is 5.31. The zero-order valence-corrected chi connectivity index (χ0v) is 19.5. The topological polar surface area (TPSA) is 96.0 Å². The molecule has 176 valence electrons. The first-order chi connectivity index (χ1) is 16.5. The summed E-state index contributed by atoms with van der Waals surface area (Å²) in [5, 5.41) is 2.40. The maximum Gasteiger partial charge on any atom is 0.293 e. The number of ether oxygens (including phenoxy) is 1. The van der Waals surface area contributed by atoms with E-state index in [1.807, 2.05) is 37.3 Å². The van der Waals surface area contributed by atoms with Crippen LogP contribution in [0, 0.1) is 5.92 Å². The molecule has 9 heteroatoms. The Hall–Kier alpha value is -3.59. The van der Waals surface area contributed by atoms with Crippen LogP contribution in [0.2, 0.25) is 0 Å². The molecule has 2 fully saturated rings. The van der Waals surface area contributed by atoms with Crippen molar-refractivity contribution in [2.75, 3.05) is 31.1 Å². The Labute approximate surface area is 201 Å². The molecule has 2 aromatic carbocycles. The van der Waals surface area contributed by atoms with Crippen LogP contribution >= 0.6 is 11.8 Å². The molecule has 4 rings (SSSR count). The van der Waals surface area contributed by atoms with Crippen molar-refractivity contribution in [3.8, 4) is 5.75 Å². The monoisotopic (exact) mass is 479 g/mol. The van der Waals surface area contributed by atoms with Gasteiger partial charge in [0.25, 0.3) is 11.1 Å². The van der Waals surface area contributed by atoms with E-state index in [0.717, 1.165) is 28.0 Å². The Morgan fingerprint density at radius 1 is 1.12 bits per heavy atom. The fourth-order valence-electron chi connectivity index (χ4n) is 3.85. The first-order valence-electron chi connectivity index (χ1n) is 11.1. The van der Waals surface area contributed by atoms with Gasteiger partial charge >= 0.3 is 0 Å². The van der Waals surface area contributed by atoms with Crippen molar-refractivity contribution < 1.29 is 23.9 Å². The minimum atomic E-state index is -0.494. The molecule has 1 N–H and O–H groups in total. The molecule has 8 nitrogen and oxygen atoms in total. The van der Waals surface area contributed by atoms with Crippen molar-refractivity contribution >= 4 is 46.5 Å². The summed E-state index contributed by atoms with van der Waals surface area (Å²) < 4.78 is 5.42. The summed E-state index contributed by atoms with van der Waals surface area (Å²) in [5.41, 5.74) is 1.55. The predicted molar refractivity (Wildman–Crippen MR) is 130 cm³/mol. The van der Waals surface area contributed by atoms with Gasteiger partial charge in [-0.2, -0.15) is 0 Å². The normalized spacial score (nSPS) is 19.3. The van der Waals surface area contributed by atoms with Gasteiger partial charge in [-0.05, 0) is 54.6 Å². The van der Waals surface area contributed by atoms with E-state index >= 15 is 0 Å². The average Bonchev–Trinajstić information content (AvgIpc) is 3.35. The molecular formula is C25H25N3O5S. The SMILES string of the molecule is CCOc1ccc(N2CC(C(=O)NCCN3C(=O)S/C(=C/c4ccccc4)C3=O)CC2=O)cc1. The number of benzene rings is 2. The van der Waals surface area contributed by atoms with E-state index < -0.39 is 5.92 Å². The third-order valence-corrected chi connectivity index (χ3v) is 6.47. The smallest absolute Gasteiger partial charge is 0.293 e. The summed E-state index contributed by atoms with van der Waals surface area (Å²) in [6, 6.07) is 16.5. The van der Waals surface area contributed by atoms with Crippen LogP contribution in [0.25, 0.3) is 6.08 Å². The van der Waals surface area contributed by atoms with Gasteiger partial charge in [0.05, 0.1) is 17.4 Å². The molecule has 0 bridgehead atoms. The van der Waals surface area contributed by atoms with Gasteiger partial charge in [0.15, 0.2) is 0 Å². The Morgan fingerprint density at radius 3 is 2.56 bits per heavy atom. The fourth-order valence-corrected chi connectivity index (χ4v) is 4.72. The number of imide groups is 1. The molecule has 0 saturated carbocycles. The van der Waals surface area contributed by atoms with Crippen LogP contribution in [0.1, 0.15) is 18.9 Å². The minimum Gasteiger partial charge on any atom is -0.494 e. The van der Waals surface area contributed by atoms with E-state index in [9.17, 15) is 19.2 Å². The number of nitrogens with zero attached hydrogens (tertiary/aromatic N) is 2. The van der Waals surface area contributed by atoms with Gasteiger partial charge in [-0.3, -0.25) is 24.1 Å². The lowest BCUT2D eigenvalue weighted by Crippen LogP contribution is -2.40. The number of amides is 4. The van der Waals surface area contributed by atoms with Crippen molar-refractivity contribution in [3.63, 3.8) is 0 Å². The Bertz CT molecular complexity index is 1120. The van der Waals surface area contributed by atoms with Crippen molar-refractivity contribution in [3.05, 3.63) is 65.1 Å². The van der Waals surface area contributed by atoms with Gasteiger partial charge in [0.1, 0.15) is 5.75 Å². The van der Waals surface area contributed by atoms with E-state index in [1.165, 1.54) is 0 Å². The first-order valence-corrected chi connectivity index (χ1v) is 11.9. The number of hydrogen-bond donors (Lipinski definition) is 1. The number of nitrogens with one attached hydrogen (secondary N) is 1. The maximum atomic E-state index is 12.6. The van der Waals surface area contributed by atoms with E-state index in [0.29, 0.717) is 17.2 Å². The minimum absolute atomic E-state index is 0.0752. The second kappa shape index (κ2) is 10.6. The maximum absolute atomic E-state index is 12.6. The van der Waals surface area contributed by atoms with Crippen molar-refractivity contribution in [1.29, 1.82) is 0 Å². The second-order valence-corrected chi connectivity index (χ2v) is 8.86. The summed E-state index contributed by atoms with van der Waals surface area (Å²) in [7, 11) is 0. The van der Waals surface area contributed by atoms with Crippen molar-refractivity contribution in [1.82, 2.24) is 10.2 Å². The van der Waals surface area contributed by atoms with Crippen LogP contribution in [0.3, 0.4) is 0 Å². The summed E-state index contributed by atoms with van der Waals surface area (Å²) in [5.74, 6) is -0.536. The summed E-state index contributed by atoms with van der Waals surface area (Å²) in [4.78, 5) is 53.1. The van der Waals surface area contributed by atoms with E-state index in [1.54, 1.807) is 35.2 Å². The highest BCUT2D eigenvalue weighted by Crippen LogP contribution is 2.32. The van der Waals surface area contributed by atoms with Crippen molar-refractivity contribution in [2.24, 2.45) is 5.92 Å². The zero-order valence-electron chi connectivity index (χ0n) is 18.7. The van der Waals surface area contributed by atoms with Gasteiger partial charge in [-0.25, -0.2) is 0 Å². The Morgan fingerprint density at radius 2 is 1.85 bits per heavy atom. The van der Waals surface area contributed by atoms with Crippen LogP contribution in [0.5, 0.6) is 5.75 Å². The highest BCUT2D eigenvalue weighted by atomic mass is 32.2. The lowest BCUT2D eigenvalue weighted by Gasteiger charge is -2.18. The molecule has 0 radical (unpaired) electrons. The second-order valence-electron chi connectivity index (χ2n) is 7.87. The van der Waals surface area contributed by atoms with Crippen LogP contribution in [0.4, 0.5) is 10.5 Å². The van der Waals surface area contributed by atoms with Gasteiger partial charge in [-0.15, -0.1) is 0 Å². The molecule has 4 amide bonds. The van der Waals surface area contributed by atoms with Crippen LogP contribution < -0.4 is 15.0 Å². The Kier molecular flexibility index (Phi) is 7.32. The number of hydrogen-bond acceptors (Lipinski definition) is 6. The highest BCUT2D eigenvalue weighted by Gasteiger charge is 2.37. The number of carbonyl (C=O) groups is 4. The Balaban J connectivity index is 1.28. The molecule has 2 saturated heterocycles. The first kappa shape index (κ1) is 23.6. The van der Waals surface area contributed by atoms with Gasteiger partial charge in [0, 0.05) is 31.7 Å². The summed E-state index contributed by atoms with van der Waals surface area (Å²) in [6.07, 6.45) is 1.80. The van der Waals surface area contributed by atoms with E-state index in [4.69, 9.17) is 4.74 Å². The molecule has 2 aliphatic rings. The molecule has 34 heavy (non-hydrogen) atoms. The average molecular weight is 480 g/mol. The van der Waals surface area contributed by atoms with Crippen LogP contribution in [0.15, 0.2) is 59.5 Å². The molecule has 0 spiro atoms. The molecule has 1 unspecified atom stereocenters. The molecule has 0 aliphatic carbocycles. The quantitative estimate of drug-likeness (QED) is 0.584. The molecular weight excluding hydrogens is 454 g/mol. The number of thioether (sulfide) groups is 1. The van der Waals surface area contributed by atoms with Crippen LogP contribution in [-0.2, 0) is 14.4 Å². The number of rotatable bonds is 8. The molecule has 2 aromatic rings. The molecule has 0 aromatic heterocycles. The van der Waals surface area contributed by atoms with E-state index in [2.05, 4.69) is 5.32 Å². The largest absolute Gasteiger partial charge is 0.494 e. The molecule has 2 heterocycles. The summed E-state index contributed by atoms with van der Waals surface area (Å²) >= 11 is 0.889. The van der Waals surface area contributed by atoms with Crippen LogP contribution in [-0.4, -0.2) is 54.1 Å². The lowest BCUT2D eigenvalue weighted by atomic mass is 10.1. The number of carbonyl (C=O) groups excluding carboxylic acids is 4. The third-order valence-electron chi connectivity index (χ3n) is 5.56. The summed E-state index contributed by atoms with van der Waals surface area (Å²) in [6.45, 7) is 2.94. The highest BCUT2D eigenvalue weighted by molar-refractivity contribution is 8.18. The fraction of sp³-hybridized carbons (Fsp3) is 0.280. The zero-order chi connectivity index (χ0) is 24.1. The molecule has 1 atom stereocenters. The predicted octanol–water partition coefficient (Wildman–Crippen LogP) is 3.29. The van der Waals surface area contributed by atoms with Gasteiger partial charge in [-0.1, -0.05) is 30.3 Å². The van der Waals surface area contributed by atoms with Crippen molar-refractivity contribution in [2.45, 2.75) is 13.3 Å². The van der Waals surface area contributed by atoms with E-state index in [-0.39, 0.29) is 49.0 Å². The van der Waals surface area contributed by atoms with Gasteiger partial charge < -0.3 is 15.0 Å². The molecule has 2 aliphatic heterocycles.